The van der Waals surface area contributed by atoms with E-state index in [1.807, 2.05) is 6.20 Å². The van der Waals surface area contributed by atoms with Crippen LogP contribution in [0.3, 0.4) is 0 Å². The molecule has 0 saturated carbocycles. The van der Waals surface area contributed by atoms with Gasteiger partial charge in [-0.15, -0.1) is 0 Å². The van der Waals surface area contributed by atoms with E-state index >= 15 is 0 Å². The van der Waals surface area contributed by atoms with Crippen LogP contribution in [0, 0.1) is 0 Å². The molecule has 0 aliphatic rings. The summed E-state index contributed by atoms with van der Waals surface area (Å²) in [5.41, 5.74) is 1.37. The molecule has 1 rings (SSSR count). The van der Waals surface area contributed by atoms with E-state index in [2.05, 4.69) is 74.1 Å². The molecule has 1 aromatic heterocycles. The summed E-state index contributed by atoms with van der Waals surface area (Å²) in [6.45, 7) is 9.53. The van der Waals surface area contributed by atoms with E-state index in [0.29, 0.717) is 0 Å². The van der Waals surface area contributed by atoms with Crippen LogP contribution in [0.15, 0.2) is 18.3 Å². The van der Waals surface area contributed by atoms with Gasteiger partial charge in [0.2, 0.25) is 0 Å². The lowest BCUT2D eigenvalue weighted by molar-refractivity contribution is 0.401. The Kier molecular flexibility index (Phi) is 6.43. The number of nitrogens with zero attached hydrogens (tertiary/aromatic N) is 3. The number of aromatic nitrogens is 1. The highest BCUT2D eigenvalue weighted by molar-refractivity contribution is 5.38. The molecule has 1 N–H and O–H groups in total. The topological polar surface area (TPSA) is 31.4 Å². The number of hydrogen-bond donors (Lipinski definition) is 1. The second kappa shape index (κ2) is 7.60. The minimum absolute atomic E-state index is 0.141. The van der Waals surface area contributed by atoms with Crippen molar-refractivity contribution < 1.29 is 0 Å². The molecular formula is C16H30N4. The maximum Gasteiger partial charge on any atom is 0.128 e. The highest BCUT2D eigenvalue weighted by Gasteiger charge is 2.09. The first-order valence-electron chi connectivity index (χ1n) is 7.34. The van der Waals surface area contributed by atoms with Crippen LogP contribution >= 0.6 is 0 Å². The molecule has 1 aromatic rings. The Morgan fingerprint density at radius 1 is 1.10 bits per heavy atom. The molecule has 4 nitrogen and oxygen atoms in total. The van der Waals surface area contributed by atoms with E-state index in [-0.39, 0.29) is 5.54 Å². The largest absolute Gasteiger partial charge is 0.360 e. The molecule has 20 heavy (non-hydrogen) atoms. The second-order valence-corrected chi connectivity index (χ2v) is 6.71. The van der Waals surface area contributed by atoms with Gasteiger partial charge in [-0.25, -0.2) is 4.98 Å². The molecule has 0 fully saturated rings. The van der Waals surface area contributed by atoms with Gasteiger partial charge >= 0.3 is 0 Å². The standard InChI is InChI=1S/C16H30N4/c1-16(2,3)18-13-14-8-9-15(17-12-14)20(6)11-7-10-19(4)5/h8-9,12,18H,7,10-11,13H2,1-6H3. The van der Waals surface area contributed by atoms with Crippen LogP contribution in [0.25, 0.3) is 0 Å². The molecule has 0 amide bonds. The van der Waals surface area contributed by atoms with Gasteiger partial charge in [-0.3, -0.25) is 0 Å². The van der Waals surface area contributed by atoms with E-state index in [0.717, 1.165) is 31.9 Å². The Hall–Kier alpha value is -1.13. The first-order valence-corrected chi connectivity index (χ1v) is 7.34. The van der Waals surface area contributed by atoms with Crippen LogP contribution < -0.4 is 10.2 Å². The van der Waals surface area contributed by atoms with Crippen LogP contribution in [0.4, 0.5) is 5.82 Å². The fourth-order valence-corrected chi connectivity index (χ4v) is 1.85. The van der Waals surface area contributed by atoms with Crippen LogP contribution in [-0.4, -0.2) is 49.7 Å². The molecule has 0 aliphatic carbocycles. The highest BCUT2D eigenvalue weighted by atomic mass is 15.2. The Morgan fingerprint density at radius 3 is 2.30 bits per heavy atom. The Bertz CT molecular complexity index is 378. The summed E-state index contributed by atoms with van der Waals surface area (Å²) in [5, 5.41) is 3.47. The average Bonchev–Trinajstić information content (AvgIpc) is 2.35. The lowest BCUT2D eigenvalue weighted by Gasteiger charge is -2.21. The van der Waals surface area contributed by atoms with Crippen molar-refractivity contribution in [3.8, 4) is 0 Å². The van der Waals surface area contributed by atoms with Crippen molar-refractivity contribution in [2.75, 3.05) is 39.1 Å². The van der Waals surface area contributed by atoms with Crippen LogP contribution in [0.2, 0.25) is 0 Å². The van der Waals surface area contributed by atoms with Gasteiger partial charge in [0.25, 0.3) is 0 Å². The third-order valence-corrected chi connectivity index (χ3v) is 3.12. The fraction of sp³-hybridized carbons (Fsp3) is 0.688. The van der Waals surface area contributed by atoms with Crippen molar-refractivity contribution in [3.63, 3.8) is 0 Å². The highest BCUT2D eigenvalue weighted by Crippen LogP contribution is 2.11. The summed E-state index contributed by atoms with van der Waals surface area (Å²) in [6.07, 6.45) is 3.12. The van der Waals surface area contributed by atoms with Crippen LogP contribution in [0.5, 0.6) is 0 Å². The zero-order valence-electron chi connectivity index (χ0n) is 13.9. The monoisotopic (exact) mass is 278 g/mol. The SMILES string of the molecule is CN(C)CCCN(C)c1ccc(CNC(C)(C)C)cn1. The van der Waals surface area contributed by atoms with Crippen molar-refractivity contribution >= 4 is 5.82 Å². The van der Waals surface area contributed by atoms with Crippen molar-refractivity contribution in [2.45, 2.75) is 39.3 Å². The van der Waals surface area contributed by atoms with Crippen molar-refractivity contribution in [1.82, 2.24) is 15.2 Å². The normalized spacial score (nSPS) is 11.9. The number of hydrogen-bond acceptors (Lipinski definition) is 4. The van der Waals surface area contributed by atoms with E-state index < -0.39 is 0 Å². The van der Waals surface area contributed by atoms with Gasteiger partial charge in [0.15, 0.2) is 0 Å². The second-order valence-electron chi connectivity index (χ2n) is 6.71. The molecule has 0 aromatic carbocycles. The summed E-state index contributed by atoms with van der Waals surface area (Å²) in [6, 6.07) is 4.26. The lowest BCUT2D eigenvalue weighted by atomic mass is 10.1. The summed E-state index contributed by atoms with van der Waals surface area (Å²) >= 11 is 0. The molecule has 0 bridgehead atoms. The van der Waals surface area contributed by atoms with Gasteiger partial charge < -0.3 is 15.1 Å². The molecule has 114 valence electrons. The van der Waals surface area contributed by atoms with Gasteiger partial charge in [0.1, 0.15) is 5.82 Å². The maximum atomic E-state index is 4.55. The summed E-state index contributed by atoms with van der Waals surface area (Å²) < 4.78 is 0. The van der Waals surface area contributed by atoms with Gasteiger partial charge in [-0.05, 0) is 59.5 Å². The van der Waals surface area contributed by atoms with E-state index in [9.17, 15) is 0 Å². The van der Waals surface area contributed by atoms with Crippen molar-refractivity contribution in [3.05, 3.63) is 23.9 Å². The first-order chi connectivity index (χ1) is 9.28. The molecule has 0 radical (unpaired) electrons. The zero-order chi connectivity index (χ0) is 15.2. The summed E-state index contributed by atoms with van der Waals surface area (Å²) in [4.78, 5) is 8.97. The van der Waals surface area contributed by atoms with Gasteiger partial charge in [-0.1, -0.05) is 6.07 Å². The Balaban J connectivity index is 2.45. The minimum Gasteiger partial charge on any atom is -0.360 e. The summed E-state index contributed by atoms with van der Waals surface area (Å²) in [5.74, 6) is 1.04. The zero-order valence-corrected chi connectivity index (χ0v) is 13.9. The maximum absolute atomic E-state index is 4.55. The predicted octanol–water partition coefficient (Wildman–Crippen LogP) is 2.36. The molecule has 1 heterocycles. The average molecular weight is 278 g/mol. The third kappa shape index (κ3) is 6.87. The molecule has 0 aliphatic heterocycles. The minimum atomic E-state index is 0.141. The van der Waals surface area contributed by atoms with Gasteiger partial charge in [0.05, 0.1) is 0 Å². The number of pyridine rings is 1. The number of rotatable bonds is 7. The third-order valence-electron chi connectivity index (χ3n) is 3.12. The predicted molar refractivity (Wildman–Crippen MR) is 87.3 cm³/mol. The van der Waals surface area contributed by atoms with Gasteiger partial charge in [0, 0.05) is 31.9 Å². The van der Waals surface area contributed by atoms with Crippen molar-refractivity contribution in [2.24, 2.45) is 0 Å². The Morgan fingerprint density at radius 2 is 1.80 bits per heavy atom. The van der Waals surface area contributed by atoms with E-state index in [1.165, 1.54) is 5.56 Å². The number of anilines is 1. The molecule has 0 unspecified atom stereocenters. The fourth-order valence-electron chi connectivity index (χ4n) is 1.85. The molecule has 4 heteroatoms. The lowest BCUT2D eigenvalue weighted by Crippen LogP contribution is -2.35. The van der Waals surface area contributed by atoms with Crippen LogP contribution in [0.1, 0.15) is 32.8 Å². The number of nitrogens with one attached hydrogen (secondary N) is 1. The quantitative estimate of drug-likeness (QED) is 0.829. The first kappa shape index (κ1) is 16.9. The van der Waals surface area contributed by atoms with Gasteiger partial charge in [-0.2, -0.15) is 0 Å². The summed E-state index contributed by atoms with van der Waals surface area (Å²) in [7, 11) is 6.32. The molecule has 0 saturated heterocycles. The van der Waals surface area contributed by atoms with Crippen LogP contribution in [-0.2, 0) is 6.54 Å². The smallest absolute Gasteiger partial charge is 0.128 e. The van der Waals surface area contributed by atoms with E-state index in [4.69, 9.17) is 0 Å². The molecular weight excluding hydrogens is 248 g/mol. The van der Waals surface area contributed by atoms with Crippen molar-refractivity contribution in [1.29, 1.82) is 0 Å². The Labute approximate surface area is 124 Å². The molecule has 0 atom stereocenters. The van der Waals surface area contributed by atoms with E-state index in [1.54, 1.807) is 0 Å². The molecule has 0 spiro atoms.